The SMILES string of the molecule is C/C(=N/Nc1ccccc1)c1ccc2ccccc2c1O. The number of para-hydroxylation sites is 1. The van der Waals surface area contributed by atoms with Gasteiger partial charge in [0.2, 0.25) is 0 Å². The normalized spacial score (nSPS) is 11.6. The molecule has 0 amide bonds. The first-order valence-electron chi connectivity index (χ1n) is 6.82. The topological polar surface area (TPSA) is 44.6 Å². The Labute approximate surface area is 123 Å². The summed E-state index contributed by atoms with van der Waals surface area (Å²) in [5, 5.41) is 16.6. The predicted octanol–water partition coefficient (Wildman–Crippen LogP) is 4.38. The molecule has 0 heterocycles. The zero-order chi connectivity index (χ0) is 14.7. The fraction of sp³-hybridized carbons (Fsp3) is 0.0556. The summed E-state index contributed by atoms with van der Waals surface area (Å²) in [6, 6.07) is 21.4. The van der Waals surface area contributed by atoms with Crippen LogP contribution in [0.15, 0.2) is 71.8 Å². The molecule has 0 aromatic heterocycles. The molecule has 3 heteroatoms. The Kier molecular flexibility index (Phi) is 3.56. The Morgan fingerprint density at radius 3 is 2.43 bits per heavy atom. The maximum atomic E-state index is 10.4. The van der Waals surface area contributed by atoms with Crippen LogP contribution in [0, 0.1) is 0 Å². The first-order chi connectivity index (χ1) is 10.3. The van der Waals surface area contributed by atoms with Gasteiger partial charge in [-0.25, -0.2) is 0 Å². The van der Waals surface area contributed by atoms with E-state index in [2.05, 4.69) is 10.5 Å². The van der Waals surface area contributed by atoms with Crippen molar-refractivity contribution in [3.05, 3.63) is 72.3 Å². The van der Waals surface area contributed by atoms with E-state index < -0.39 is 0 Å². The van der Waals surface area contributed by atoms with Gasteiger partial charge in [0.1, 0.15) is 5.75 Å². The van der Waals surface area contributed by atoms with E-state index in [-0.39, 0.29) is 5.75 Å². The van der Waals surface area contributed by atoms with Crippen molar-refractivity contribution in [2.45, 2.75) is 6.92 Å². The second kappa shape index (κ2) is 5.67. The monoisotopic (exact) mass is 276 g/mol. The molecule has 0 spiro atoms. The fourth-order valence-corrected chi connectivity index (χ4v) is 2.27. The molecule has 2 N–H and O–H groups in total. The van der Waals surface area contributed by atoms with E-state index in [9.17, 15) is 5.11 Å². The van der Waals surface area contributed by atoms with Crippen LogP contribution in [0.1, 0.15) is 12.5 Å². The number of aromatic hydroxyl groups is 1. The number of hydrogen-bond acceptors (Lipinski definition) is 3. The summed E-state index contributed by atoms with van der Waals surface area (Å²) in [5.41, 5.74) is 5.38. The van der Waals surface area contributed by atoms with E-state index in [4.69, 9.17) is 0 Å². The second-order valence-electron chi connectivity index (χ2n) is 4.86. The number of benzene rings is 3. The van der Waals surface area contributed by atoms with Crippen LogP contribution in [0.5, 0.6) is 5.75 Å². The molecule has 0 fully saturated rings. The van der Waals surface area contributed by atoms with E-state index in [0.29, 0.717) is 0 Å². The molecule has 0 bridgehead atoms. The predicted molar refractivity (Wildman–Crippen MR) is 87.9 cm³/mol. The summed E-state index contributed by atoms with van der Waals surface area (Å²) in [7, 11) is 0. The van der Waals surface area contributed by atoms with Gasteiger partial charge in [0.15, 0.2) is 0 Å². The number of phenolic OH excluding ortho intramolecular Hbond substituents is 1. The van der Waals surface area contributed by atoms with Crippen molar-refractivity contribution in [1.29, 1.82) is 0 Å². The lowest BCUT2D eigenvalue weighted by Gasteiger charge is -2.08. The molecule has 3 rings (SSSR count). The summed E-state index contributed by atoms with van der Waals surface area (Å²) < 4.78 is 0. The highest BCUT2D eigenvalue weighted by molar-refractivity contribution is 6.06. The average Bonchev–Trinajstić information content (AvgIpc) is 2.54. The maximum absolute atomic E-state index is 10.4. The fourth-order valence-electron chi connectivity index (χ4n) is 2.27. The van der Waals surface area contributed by atoms with Crippen molar-refractivity contribution >= 4 is 22.2 Å². The van der Waals surface area contributed by atoms with Crippen molar-refractivity contribution in [2.75, 3.05) is 5.43 Å². The molecular weight excluding hydrogens is 260 g/mol. The van der Waals surface area contributed by atoms with Gasteiger partial charge in [-0.15, -0.1) is 0 Å². The maximum Gasteiger partial charge on any atom is 0.132 e. The van der Waals surface area contributed by atoms with Crippen LogP contribution in [-0.2, 0) is 0 Å². The minimum absolute atomic E-state index is 0.268. The van der Waals surface area contributed by atoms with Crippen LogP contribution in [-0.4, -0.2) is 10.8 Å². The van der Waals surface area contributed by atoms with Crippen LogP contribution in [0.3, 0.4) is 0 Å². The van der Waals surface area contributed by atoms with Crippen molar-refractivity contribution < 1.29 is 5.11 Å². The summed E-state index contributed by atoms with van der Waals surface area (Å²) in [4.78, 5) is 0. The molecule has 0 aliphatic carbocycles. The van der Waals surface area contributed by atoms with Gasteiger partial charge in [0.05, 0.1) is 11.4 Å². The van der Waals surface area contributed by atoms with Gasteiger partial charge in [-0.2, -0.15) is 5.10 Å². The van der Waals surface area contributed by atoms with Gasteiger partial charge in [0.25, 0.3) is 0 Å². The second-order valence-corrected chi connectivity index (χ2v) is 4.86. The molecule has 104 valence electrons. The van der Waals surface area contributed by atoms with Crippen LogP contribution in [0.2, 0.25) is 0 Å². The number of nitrogens with zero attached hydrogens (tertiary/aromatic N) is 1. The van der Waals surface area contributed by atoms with E-state index in [1.807, 2.05) is 73.7 Å². The largest absolute Gasteiger partial charge is 0.507 e. The van der Waals surface area contributed by atoms with Crippen LogP contribution in [0.25, 0.3) is 10.8 Å². The quantitative estimate of drug-likeness (QED) is 0.550. The van der Waals surface area contributed by atoms with E-state index in [1.54, 1.807) is 0 Å². The van der Waals surface area contributed by atoms with Gasteiger partial charge in [-0.05, 0) is 30.5 Å². The molecule has 3 aromatic carbocycles. The molecule has 0 aliphatic heterocycles. The van der Waals surface area contributed by atoms with E-state index in [0.717, 1.165) is 27.7 Å². The highest BCUT2D eigenvalue weighted by Gasteiger charge is 2.08. The molecule has 0 unspecified atom stereocenters. The number of phenols is 1. The minimum atomic E-state index is 0.268. The number of rotatable bonds is 3. The molecule has 0 saturated heterocycles. The molecule has 0 radical (unpaired) electrons. The van der Waals surface area contributed by atoms with E-state index >= 15 is 0 Å². The Hall–Kier alpha value is -2.81. The third-order valence-corrected chi connectivity index (χ3v) is 3.42. The molecule has 3 aromatic rings. The van der Waals surface area contributed by atoms with Crippen molar-refractivity contribution in [2.24, 2.45) is 5.10 Å². The smallest absolute Gasteiger partial charge is 0.132 e. The van der Waals surface area contributed by atoms with Gasteiger partial charge in [-0.1, -0.05) is 48.5 Å². The molecule has 0 aliphatic rings. The lowest BCUT2D eigenvalue weighted by molar-refractivity contribution is 0.480. The van der Waals surface area contributed by atoms with Crippen LogP contribution < -0.4 is 5.43 Å². The lowest BCUT2D eigenvalue weighted by atomic mass is 10.0. The van der Waals surface area contributed by atoms with Crippen molar-refractivity contribution in [3.8, 4) is 5.75 Å². The third kappa shape index (κ3) is 2.72. The minimum Gasteiger partial charge on any atom is -0.507 e. The summed E-state index contributed by atoms with van der Waals surface area (Å²) >= 11 is 0. The van der Waals surface area contributed by atoms with Crippen molar-refractivity contribution in [1.82, 2.24) is 0 Å². The summed E-state index contributed by atoms with van der Waals surface area (Å²) in [5.74, 6) is 0.268. The first-order valence-corrected chi connectivity index (χ1v) is 6.82. The lowest BCUT2D eigenvalue weighted by Crippen LogP contribution is -2.00. The Morgan fingerprint density at radius 2 is 1.62 bits per heavy atom. The van der Waals surface area contributed by atoms with Gasteiger partial charge < -0.3 is 5.11 Å². The Morgan fingerprint density at radius 1 is 0.905 bits per heavy atom. The summed E-state index contributed by atoms with van der Waals surface area (Å²) in [6.07, 6.45) is 0. The van der Waals surface area contributed by atoms with Gasteiger partial charge >= 0.3 is 0 Å². The molecule has 0 saturated carbocycles. The Bertz CT molecular complexity index is 795. The molecule has 0 atom stereocenters. The van der Waals surface area contributed by atoms with Gasteiger partial charge in [-0.3, -0.25) is 5.43 Å². The number of fused-ring (bicyclic) bond motifs is 1. The number of hydrazone groups is 1. The van der Waals surface area contributed by atoms with Crippen LogP contribution in [0.4, 0.5) is 5.69 Å². The standard InChI is InChI=1S/C18H16N2O/c1-13(19-20-15-8-3-2-4-9-15)16-12-11-14-7-5-6-10-17(14)18(16)21/h2-12,20-21H,1H3/b19-13-. The highest BCUT2D eigenvalue weighted by Crippen LogP contribution is 2.29. The molecule has 3 nitrogen and oxygen atoms in total. The molecular formula is C18H16N2O. The third-order valence-electron chi connectivity index (χ3n) is 3.42. The van der Waals surface area contributed by atoms with Gasteiger partial charge in [0, 0.05) is 10.9 Å². The van der Waals surface area contributed by atoms with E-state index in [1.165, 1.54) is 0 Å². The average molecular weight is 276 g/mol. The number of hydrogen-bond donors (Lipinski definition) is 2. The first kappa shape index (κ1) is 13.2. The Balaban J connectivity index is 1.94. The highest BCUT2D eigenvalue weighted by atomic mass is 16.3. The number of anilines is 1. The van der Waals surface area contributed by atoms with Crippen molar-refractivity contribution in [3.63, 3.8) is 0 Å². The van der Waals surface area contributed by atoms with Crippen LogP contribution >= 0.6 is 0 Å². The number of nitrogens with one attached hydrogen (secondary N) is 1. The summed E-state index contributed by atoms with van der Waals surface area (Å²) in [6.45, 7) is 1.87. The zero-order valence-electron chi connectivity index (χ0n) is 11.7. The molecule has 21 heavy (non-hydrogen) atoms. The zero-order valence-corrected chi connectivity index (χ0v) is 11.7.